The van der Waals surface area contributed by atoms with E-state index in [0.29, 0.717) is 5.02 Å². The van der Waals surface area contributed by atoms with Crippen molar-refractivity contribution in [1.82, 2.24) is 0 Å². The van der Waals surface area contributed by atoms with E-state index in [1.54, 1.807) is 0 Å². The van der Waals surface area contributed by atoms with E-state index in [4.69, 9.17) is 11.6 Å². The minimum absolute atomic E-state index is 0.00972. The molecule has 0 aliphatic carbocycles. The van der Waals surface area contributed by atoms with Gasteiger partial charge in [0, 0.05) is 16.3 Å². The summed E-state index contributed by atoms with van der Waals surface area (Å²) in [5, 5.41) is 5.98. The summed E-state index contributed by atoms with van der Waals surface area (Å²) in [6.45, 7) is 0.00972. The summed E-state index contributed by atoms with van der Waals surface area (Å²) in [7, 11) is 0. The Morgan fingerprint density at radius 2 is 1.64 bits per heavy atom. The van der Waals surface area contributed by atoms with Crippen LogP contribution in [0.15, 0.2) is 72.8 Å². The van der Waals surface area contributed by atoms with Crippen molar-refractivity contribution in [3.63, 3.8) is 0 Å². The Balaban J connectivity index is 1.70. The van der Waals surface area contributed by atoms with Crippen molar-refractivity contribution >= 4 is 28.9 Å². The van der Waals surface area contributed by atoms with Crippen molar-refractivity contribution in [2.45, 2.75) is 0 Å². The van der Waals surface area contributed by atoms with Gasteiger partial charge < -0.3 is 10.6 Å². The van der Waals surface area contributed by atoms with Gasteiger partial charge >= 0.3 is 0 Å². The molecular formula is C20H16ClFN2O. The number of benzene rings is 3. The van der Waals surface area contributed by atoms with Crippen LogP contribution in [0.1, 0.15) is 0 Å². The summed E-state index contributed by atoms with van der Waals surface area (Å²) in [5.41, 5.74) is 2.93. The molecule has 126 valence electrons. The predicted octanol–water partition coefficient (Wildman–Crippen LogP) is 5.20. The van der Waals surface area contributed by atoms with Crippen molar-refractivity contribution in [2.24, 2.45) is 0 Å². The Labute approximate surface area is 150 Å². The first-order valence-electron chi connectivity index (χ1n) is 7.77. The number of para-hydroxylation sites is 1. The maximum absolute atomic E-state index is 13.7. The molecule has 1 amide bonds. The van der Waals surface area contributed by atoms with Crippen LogP contribution in [-0.4, -0.2) is 12.5 Å². The van der Waals surface area contributed by atoms with Crippen LogP contribution in [0, 0.1) is 5.82 Å². The van der Waals surface area contributed by atoms with Crippen LogP contribution in [0.5, 0.6) is 0 Å². The highest BCUT2D eigenvalue weighted by atomic mass is 35.5. The van der Waals surface area contributed by atoms with E-state index < -0.39 is 5.82 Å². The molecule has 0 aliphatic rings. The molecule has 0 heterocycles. The summed E-state index contributed by atoms with van der Waals surface area (Å²) in [6, 6.07) is 21.6. The highest BCUT2D eigenvalue weighted by molar-refractivity contribution is 6.30. The van der Waals surface area contributed by atoms with Crippen LogP contribution in [0.25, 0.3) is 11.1 Å². The maximum atomic E-state index is 13.7. The Morgan fingerprint density at radius 3 is 2.44 bits per heavy atom. The third-order valence-corrected chi connectivity index (χ3v) is 3.89. The second kappa shape index (κ2) is 7.81. The van der Waals surface area contributed by atoms with Gasteiger partial charge in [0.1, 0.15) is 5.82 Å². The average Bonchev–Trinajstić information content (AvgIpc) is 2.64. The number of rotatable bonds is 5. The normalized spacial score (nSPS) is 10.3. The summed E-state index contributed by atoms with van der Waals surface area (Å²) < 4.78 is 13.7. The van der Waals surface area contributed by atoms with Crippen LogP contribution >= 0.6 is 11.6 Å². The lowest BCUT2D eigenvalue weighted by atomic mass is 10.0. The minimum atomic E-state index is -0.526. The van der Waals surface area contributed by atoms with Crippen molar-refractivity contribution in [1.29, 1.82) is 0 Å². The molecule has 25 heavy (non-hydrogen) atoms. The number of hydrogen-bond acceptors (Lipinski definition) is 2. The predicted molar refractivity (Wildman–Crippen MR) is 100 cm³/mol. The summed E-state index contributed by atoms with van der Waals surface area (Å²) >= 11 is 5.83. The van der Waals surface area contributed by atoms with Crippen LogP contribution in [0.4, 0.5) is 15.8 Å². The van der Waals surface area contributed by atoms with Crippen LogP contribution in [-0.2, 0) is 4.79 Å². The van der Waals surface area contributed by atoms with E-state index in [1.165, 1.54) is 18.2 Å². The van der Waals surface area contributed by atoms with Gasteiger partial charge in [-0.05, 0) is 29.8 Å². The number of halogens is 2. The molecule has 0 fully saturated rings. The summed E-state index contributed by atoms with van der Waals surface area (Å²) in [5.74, 6) is -0.883. The fourth-order valence-corrected chi connectivity index (χ4v) is 2.64. The number of hydrogen-bond donors (Lipinski definition) is 2. The molecular weight excluding hydrogens is 339 g/mol. The lowest BCUT2D eigenvalue weighted by molar-refractivity contribution is -0.114. The molecule has 0 aromatic heterocycles. The molecule has 3 aromatic rings. The average molecular weight is 355 g/mol. The summed E-state index contributed by atoms with van der Waals surface area (Å²) in [6.07, 6.45) is 0. The molecule has 3 rings (SSSR count). The Kier molecular flexibility index (Phi) is 5.31. The molecule has 0 radical (unpaired) electrons. The lowest BCUT2D eigenvalue weighted by Gasteiger charge is -2.13. The smallest absolute Gasteiger partial charge is 0.243 e. The topological polar surface area (TPSA) is 41.1 Å². The van der Waals surface area contributed by atoms with Crippen molar-refractivity contribution in [3.05, 3.63) is 83.6 Å². The molecule has 0 unspecified atom stereocenters. The van der Waals surface area contributed by atoms with Gasteiger partial charge in [0.05, 0.1) is 12.2 Å². The number of amides is 1. The minimum Gasteiger partial charge on any atom is -0.376 e. The van der Waals surface area contributed by atoms with Crippen LogP contribution in [0.2, 0.25) is 5.02 Å². The third kappa shape index (κ3) is 4.37. The quantitative estimate of drug-likeness (QED) is 0.661. The highest BCUT2D eigenvalue weighted by Gasteiger charge is 2.09. The molecule has 3 aromatic carbocycles. The molecule has 0 atom stereocenters. The van der Waals surface area contributed by atoms with Crippen molar-refractivity contribution in [2.75, 3.05) is 17.2 Å². The first-order chi connectivity index (χ1) is 12.1. The lowest BCUT2D eigenvalue weighted by Crippen LogP contribution is -2.22. The number of carbonyl (C=O) groups is 1. The van der Waals surface area contributed by atoms with E-state index in [2.05, 4.69) is 10.6 Å². The second-order valence-corrected chi connectivity index (χ2v) is 5.87. The Morgan fingerprint density at radius 1 is 0.920 bits per heavy atom. The molecule has 5 heteroatoms. The number of carbonyl (C=O) groups excluding carboxylic acids is 1. The van der Waals surface area contributed by atoms with E-state index in [0.717, 1.165) is 16.8 Å². The Bertz CT molecular complexity index is 884. The van der Waals surface area contributed by atoms with Gasteiger partial charge in [-0.2, -0.15) is 0 Å². The maximum Gasteiger partial charge on any atom is 0.243 e. The molecule has 0 saturated carbocycles. The largest absolute Gasteiger partial charge is 0.376 e. The SMILES string of the molecule is O=C(CNc1ccccc1-c1ccccc1)Nc1cc(Cl)ccc1F. The monoisotopic (exact) mass is 354 g/mol. The van der Waals surface area contributed by atoms with E-state index in [1.807, 2.05) is 54.6 Å². The van der Waals surface area contributed by atoms with E-state index >= 15 is 0 Å². The molecule has 0 spiro atoms. The van der Waals surface area contributed by atoms with Crippen LogP contribution < -0.4 is 10.6 Å². The molecule has 0 saturated heterocycles. The standard InChI is InChI=1S/C20H16ClFN2O/c21-15-10-11-17(22)19(12-15)24-20(25)13-23-18-9-5-4-8-16(18)14-6-2-1-3-7-14/h1-12,23H,13H2,(H,24,25). The van der Waals surface area contributed by atoms with Crippen LogP contribution in [0.3, 0.4) is 0 Å². The summed E-state index contributed by atoms with van der Waals surface area (Å²) in [4.78, 5) is 12.1. The first kappa shape index (κ1) is 17.0. The number of nitrogens with one attached hydrogen (secondary N) is 2. The zero-order valence-corrected chi connectivity index (χ0v) is 14.1. The zero-order chi connectivity index (χ0) is 17.6. The Hall–Kier alpha value is -2.85. The second-order valence-electron chi connectivity index (χ2n) is 5.44. The fraction of sp³-hybridized carbons (Fsp3) is 0.0500. The van der Waals surface area contributed by atoms with Gasteiger partial charge in [0.2, 0.25) is 5.91 Å². The third-order valence-electron chi connectivity index (χ3n) is 3.65. The van der Waals surface area contributed by atoms with Gasteiger partial charge in [-0.15, -0.1) is 0 Å². The zero-order valence-electron chi connectivity index (χ0n) is 13.3. The molecule has 2 N–H and O–H groups in total. The van der Waals surface area contributed by atoms with Gasteiger partial charge in [-0.25, -0.2) is 4.39 Å². The van der Waals surface area contributed by atoms with Gasteiger partial charge in [0.15, 0.2) is 0 Å². The van der Waals surface area contributed by atoms with E-state index in [9.17, 15) is 9.18 Å². The van der Waals surface area contributed by atoms with E-state index in [-0.39, 0.29) is 18.1 Å². The fourth-order valence-electron chi connectivity index (χ4n) is 2.47. The van der Waals surface area contributed by atoms with Crippen molar-refractivity contribution < 1.29 is 9.18 Å². The van der Waals surface area contributed by atoms with Gasteiger partial charge in [-0.3, -0.25) is 4.79 Å². The molecule has 0 bridgehead atoms. The molecule has 0 aliphatic heterocycles. The van der Waals surface area contributed by atoms with Crippen molar-refractivity contribution in [3.8, 4) is 11.1 Å². The van der Waals surface area contributed by atoms with Gasteiger partial charge in [-0.1, -0.05) is 60.1 Å². The number of anilines is 2. The van der Waals surface area contributed by atoms with Gasteiger partial charge in [0.25, 0.3) is 0 Å². The highest BCUT2D eigenvalue weighted by Crippen LogP contribution is 2.27. The first-order valence-corrected chi connectivity index (χ1v) is 8.14. The molecule has 3 nitrogen and oxygen atoms in total.